The molecule has 126 valence electrons. The minimum absolute atomic E-state index is 0.660. The Morgan fingerprint density at radius 2 is 2.00 bits per heavy atom. The summed E-state index contributed by atoms with van der Waals surface area (Å²) in [6.45, 7) is 4.17. The molecule has 2 aromatic rings. The predicted octanol–water partition coefficient (Wildman–Crippen LogP) is 1.68. The highest BCUT2D eigenvalue weighted by Crippen LogP contribution is 2.17. The number of thiocarbonyl (C=S) groups is 1. The van der Waals surface area contributed by atoms with Gasteiger partial charge in [-0.3, -0.25) is 4.98 Å². The number of nitrogens with one attached hydrogen (secondary N) is 1. The van der Waals surface area contributed by atoms with E-state index in [0.29, 0.717) is 6.54 Å². The standard InChI is InChI=1S/C17H21N5OS/c1-23-15-5-3-2-4-14(15)12-20-17(24)22-10-8-21(9-11-22)16-13-18-6-7-19-16/h2-7,13H,8-12H2,1H3,(H,20,24). The van der Waals surface area contributed by atoms with E-state index in [1.165, 1.54) is 0 Å². The van der Waals surface area contributed by atoms with Crippen LogP contribution in [0, 0.1) is 0 Å². The SMILES string of the molecule is COc1ccccc1CNC(=S)N1CCN(c2cnccn2)CC1. The Labute approximate surface area is 147 Å². The van der Waals surface area contributed by atoms with Gasteiger partial charge in [0.25, 0.3) is 0 Å². The van der Waals surface area contributed by atoms with Crippen molar-refractivity contribution in [3.05, 3.63) is 48.4 Å². The van der Waals surface area contributed by atoms with Gasteiger partial charge in [-0.15, -0.1) is 0 Å². The molecule has 2 heterocycles. The van der Waals surface area contributed by atoms with Crippen LogP contribution < -0.4 is 15.0 Å². The van der Waals surface area contributed by atoms with Gasteiger partial charge in [-0.25, -0.2) is 4.98 Å². The van der Waals surface area contributed by atoms with E-state index in [4.69, 9.17) is 17.0 Å². The Kier molecular flexibility index (Phi) is 5.43. The highest BCUT2D eigenvalue weighted by molar-refractivity contribution is 7.80. The summed E-state index contributed by atoms with van der Waals surface area (Å²) < 4.78 is 5.37. The first-order valence-corrected chi connectivity index (χ1v) is 8.34. The summed E-state index contributed by atoms with van der Waals surface area (Å²) >= 11 is 5.54. The summed E-state index contributed by atoms with van der Waals surface area (Å²) in [4.78, 5) is 12.9. The number of para-hydroxylation sites is 1. The second kappa shape index (κ2) is 7.92. The van der Waals surface area contributed by atoms with Crippen molar-refractivity contribution in [2.45, 2.75) is 6.54 Å². The van der Waals surface area contributed by atoms with E-state index in [-0.39, 0.29) is 0 Å². The second-order valence-electron chi connectivity index (χ2n) is 5.51. The van der Waals surface area contributed by atoms with Crippen molar-refractivity contribution in [1.82, 2.24) is 20.2 Å². The van der Waals surface area contributed by atoms with Crippen LogP contribution in [0.1, 0.15) is 5.56 Å². The van der Waals surface area contributed by atoms with Crippen molar-refractivity contribution in [3.63, 3.8) is 0 Å². The van der Waals surface area contributed by atoms with Gasteiger partial charge < -0.3 is 19.9 Å². The summed E-state index contributed by atoms with van der Waals surface area (Å²) in [6.07, 6.45) is 5.21. The van der Waals surface area contributed by atoms with Crippen LogP contribution in [0.2, 0.25) is 0 Å². The van der Waals surface area contributed by atoms with Gasteiger partial charge in [0.1, 0.15) is 11.6 Å². The van der Waals surface area contributed by atoms with Gasteiger partial charge >= 0.3 is 0 Å². The Balaban J connectivity index is 1.50. The minimum Gasteiger partial charge on any atom is -0.496 e. The third kappa shape index (κ3) is 3.91. The number of benzene rings is 1. The van der Waals surface area contributed by atoms with Crippen LogP contribution in [-0.2, 0) is 6.54 Å². The molecule has 0 radical (unpaired) electrons. The Hall–Kier alpha value is -2.41. The molecule has 1 fully saturated rings. The molecule has 0 bridgehead atoms. The zero-order chi connectivity index (χ0) is 16.8. The number of hydrogen-bond donors (Lipinski definition) is 1. The fourth-order valence-corrected chi connectivity index (χ4v) is 2.98. The molecule has 0 unspecified atom stereocenters. The third-order valence-corrected chi connectivity index (χ3v) is 4.47. The van der Waals surface area contributed by atoms with E-state index in [2.05, 4.69) is 25.1 Å². The molecular formula is C17H21N5OS. The first-order chi connectivity index (χ1) is 11.8. The molecule has 1 saturated heterocycles. The molecule has 0 atom stereocenters. The van der Waals surface area contributed by atoms with Gasteiger partial charge in [0.2, 0.25) is 0 Å². The molecule has 24 heavy (non-hydrogen) atoms. The third-order valence-electron chi connectivity index (χ3n) is 4.06. The number of methoxy groups -OCH3 is 1. The molecular weight excluding hydrogens is 322 g/mol. The number of hydrogen-bond acceptors (Lipinski definition) is 5. The first kappa shape index (κ1) is 16.4. The maximum atomic E-state index is 5.54. The largest absolute Gasteiger partial charge is 0.496 e. The Morgan fingerprint density at radius 1 is 1.21 bits per heavy atom. The number of ether oxygens (including phenoxy) is 1. The molecule has 1 aromatic carbocycles. The Bertz CT molecular complexity index is 674. The lowest BCUT2D eigenvalue weighted by atomic mass is 10.2. The van der Waals surface area contributed by atoms with Crippen molar-refractivity contribution in [1.29, 1.82) is 0 Å². The Morgan fingerprint density at radius 3 is 2.71 bits per heavy atom. The number of rotatable bonds is 4. The topological polar surface area (TPSA) is 53.5 Å². The fraction of sp³-hybridized carbons (Fsp3) is 0.353. The van der Waals surface area contributed by atoms with Crippen molar-refractivity contribution < 1.29 is 4.74 Å². The van der Waals surface area contributed by atoms with E-state index >= 15 is 0 Å². The summed E-state index contributed by atoms with van der Waals surface area (Å²) in [5.74, 6) is 1.80. The summed E-state index contributed by atoms with van der Waals surface area (Å²) in [7, 11) is 1.68. The summed E-state index contributed by atoms with van der Waals surface area (Å²) in [5, 5.41) is 4.11. The molecule has 0 amide bonds. The van der Waals surface area contributed by atoms with Gasteiger partial charge in [-0.2, -0.15) is 0 Å². The highest BCUT2D eigenvalue weighted by atomic mass is 32.1. The van der Waals surface area contributed by atoms with Gasteiger partial charge in [0.15, 0.2) is 5.11 Å². The predicted molar refractivity (Wildman–Crippen MR) is 98.2 cm³/mol. The van der Waals surface area contributed by atoms with Crippen LogP contribution in [0.3, 0.4) is 0 Å². The van der Waals surface area contributed by atoms with Crippen LogP contribution in [0.4, 0.5) is 5.82 Å². The van der Waals surface area contributed by atoms with E-state index < -0.39 is 0 Å². The van der Waals surface area contributed by atoms with Crippen molar-refractivity contribution >= 4 is 23.1 Å². The maximum absolute atomic E-state index is 5.54. The first-order valence-electron chi connectivity index (χ1n) is 7.93. The lowest BCUT2D eigenvalue weighted by molar-refractivity contribution is 0.377. The van der Waals surface area contributed by atoms with Gasteiger partial charge in [-0.1, -0.05) is 18.2 Å². The van der Waals surface area contributed by atoms with Crippen molar-refractivity contribution in [3.8, 4) is 5.75 Å². The molecule has 6 nitrogen and oxygen atoms in total. The number of anilines is 1. The van der Waals surface area contributed by atoms with Crippen LogP contribution in [0.25, 0.3) is 0 Å². The highest BCUT2D eigenvalue weighted by Gasteiger charge is 2.19. The van der Waals surface area contributed by atoms with Gasteiger partial charge in [0.05, 0.1) is 13.3 Å². The fourth-order valence-electron chi connectivity index (χ4n) is 2.72. The minimum atomic E-state index is 0.660. The molecule has 1 aliphatic rings. The van der Waals surface area contributed by atoms with Crippen molar-refractivity contribution in [2.24, 2.45) is 0 Å². The number of piperazine rings is 1. The molecule has 0 saturated carbocycles. The molecule has 1 aliphatic heterocycles. The lowest BCUT2D eigenvalue weighted by Crippen LogP contribution is -2.51. The normalized spacial score (nSPS) is 14.4. The quantitative estimate of drug-likeness (QED) is 0.848. The van der Waals surface area contributed by atoms with E-state index in [1.807, 2.05) is 24.3 Å². The van der Waals surface area contributed by atoms with E-state index in [0.717, 1.165) is 48.4 Å². The molecule has 1 aromatic heterocycles. The summed E-state index contributed by atoms with van der Waals surface area (Å²) in [6, 6.07) is 7.97. The van der Waals surface area contributed by atoms with Crippen molar-refractivity contribution in [2.75, 3.05) is 38.2 Å². The molecule has 0 aliphatic carbocycles. The second-order valence-corrected chi connectivity index (χ2v) is 5.89. The van der Waals surface area contributed by atoms with Gasteiger partial charge in [-0.05, 0) is 18.3 Å². The average molecular weight is 343 g/mol. The average Bonchev–Trinajstić information content (AvgIpc) is 2.67. The van der Waals surface area contributed by atoms with Crippen LogP contribution in [0.15, 0.2) is 42.9 Å². The van der Waals surface area contributed by atoms with E-state index in [1.54, 1.807) is 25.7 Å². The molecule has 7 heteroatoms. The molecule has 0 spiro atoms. The zero-order valence-electron chi connectivity index (χ0n) is 13.7. The van der Waals surface area contributed by atoms with Gasteiger partial charge in [0, 0.05) is 50.7 Å². The van der Waals surface area contributed by atoms with Crippen LogP contribution >= 0.6 is 12.2 Å². The monoisotopic (exact) mass is 343 g/mol. The summed E-state index contributed by atoms with van der Waals surface area (Å²) in [5.41, 5.74) is 1.10. The number of nitrogens with zero attached hydrogens (tertiary/aromatic N) is 4. The van der Waals surface area contributed by atoms with Crippen LogP contribution in [0.5, 0.6) is 5.75 Å². The van der Waals surface area contributed by atoms with Crippen LogP contribution in [-0.4, -0.2) is 53.3 Å². The maximum Gasteiger partial charge on any atom is 0.169 e. The zero-order valence-corrected chi connectivity index (χ0v) is 14.5. The lowest BCUT2D eigenvalue weighted by Gasteiger charge is -2.36. The molecule has 1 N–H and O–H groups in total. The smallest absolute Gasteiger partial charge is 0.169 e. The molecule has 3 rings (SSSR count). The van der Waals surface area contributed by atoms with E-state index in [9.17, 15) is 0 Å². The number of aromatic nitrogens is 2.